The molecule has 3 rings (SSSR count). The monoisotopic (exact) mass is 273 g/mol. The maximum atomic E-state index is 9.07. The van der Waals surface area contributed by atoms with Crippen molar-refractivity contribution in [3.63, 3.8) is 0 Å². The van der Waals surface area contributed by atoms with E-state index in [-0.39, 0.29) is 0 Å². The second kappa shape index (κ2) is 5.47. The van der Waals surface area contributed by atoms with Crippen LogP contribution in [0, 0.1) is 0 Å². The van der Waals surface area contributed by atoms with Gasteiger partial charge >= 0.3 is 7.12 Å². The summed E-state index contributed by atoms with van der Waals surface area (Å²) >= 11 is 1.86. The van der Waals surface area contributed by atoms with Gasteiger partial charge in [0.1, 0.15) is 0 Å². The Morgan fingerprint density at radius 2 is 1.95 bits per heavy atom. The van der Waals surface area contributed by atoms with Crippen molar-refractivity contribution in [1.82, 2.24) is 4.90 Å². The molecule has 2 aromatic rings. The molecule has 0 radical (unpaired) electrons. The van der Waals surface area contributed by atoms with Gasteiger partial charge in [0.05, 0.1) is 0 Å². The van der Waals surface area contributed by atoms with Crippen LogP contribution in [0.5, 0.6) is 0 Å². The van der Waals surface area contributed by atoms with E-state index in [2.05, 4.69) is 16.3 Å². The van der Waals surface area contributed by atoms with E-state index in [1.807, 2.05) is 23.5 Å². The van der Waals surface area contributed by atoms with Crippen molar-refractivity contribution in [2.75, 3.05) is 6.54 Å². The molecule has 1 aliphatic heterocycles. The molecule has 0 fully saturated rings. The average molecular weight is 273 g/mol. The average Bonchev–Trinajstić information content (AvgIpc) is 2.87. The Morgan fingerprint density at radius 1 is 1.16 bits per heavy atom. The summed E-state index contributed by atoms with van der Waals surface area (Å²) in [6, 6.07) is 9.72. The van der Waals surface area contributed by atoms with E-state index >= 15 is 0 Å². The van der Waals surface area contributed by atoms with Crippen molar-refractivity contribution >= 4 is 23.9 Å². The van der Waals surface area contributed by atoms with Gasteiger partial charge < -0.3 is 10.0 Å². The van der Waals surface area contributed by atoms with E-state index in [0.29, 0.717) is 5.46 Å². The maximum absolute atomic E-state index is 9.07. The Balaban J connectivity index is 1.66. The lowest BCUT2D eigenvalue weighted by molar-refractivity contribution is 0.247. The van der Waals surface area contributed by atoms with Crippen LogP contribution in [-0.4, -0.2) is 28.6 Å². The van der Waals surface area contributed by atoms with Gasteiger partial charge in [-0.05, 0) is 34.5 Å². The number of benzene rings is 1. The maximum Gasteiger partial charge on any atom is 0.488 e. The third-order valence-electron chi connectivity index (χ3n) is 3.57. The number of hydrogen-bond acceptors (Lipinski definition) is 4. The van der Waals surface area contributed by atoms with Gasteiger partial charge in [-0.15, -0.1) is 11.3 Å². The lowest BCUT2D eigenvalue weighted by Crippen LogP contribution is -2.31. The molecule has 0 spiro atoms. The van der Waals surface area contributed by atoms with E-state index in [9.17, 15) is 0 Å². The van der Waals surface area contributed by atoms with Crippen LogP contribution < -0.4 is 5.46 Å². The van der Waals surface area contributed by atoms with Crippen molar-refractivity contribution in [3.8, 4) is 0 Å². The highest BCUT2D eigenvalue weighted by Crippen LogP contribution is 2.24. The van der Waals surface area contributed by atoms with E-state index in [0.717, 1.165) is 26.1 Å². The highest BCUT2D eigenvalue weighted by atomic mass is 32.1. The van der Waals surface area contributed by atoms with E-state index in [1.54, 1.807) is 12.1 Å². The molecule has 1 aliphatic rings. The molecule has 0 saturated carbocycles. The normalized spacial score (nSPS) is 15.3. The van der Waals surface area contributed by atoms with Crippen LogP contribution in [0.25, 0.3) is 0 Å². The summed E-state index contributed by atoms with van der Waals surface area (Å²) in [6.07, 6.45) is 1.14. The van der Waals surface area contributed by atoms with Crippen molar-refractivity contribution in [1.29, 1.82) is 0 Å². The number of thiophene rings is 1. The molecule has 0 unspecified atom stereocenters. The Kier molecular flexibility index (Phi) is 3.70. The molecule has 2 N–H and O–H groups in total. The molecule has 5 heteroatoms. The first-order valence-electron chi connectivity index (χ1n) is 6.45. The van der Waals surface area contributed by atoms with Gasteiger partial charge in [0, 0.05) is 24.5 Å². The summed E-state index contributed by atoms with van der Waals surface area (Å²) in [4.78, 5) is 3.95. The highest BCUT2D eigenvalue weighted by Gasteiger charge is 2.17. The molecule has 19 heavy (non-hydrogen) atoms. The summed E-state index contributed by atoms with van der Waals surface area (Å²) in [5.74, 6) is 0. The first-order chi connectivity index (χ1) is 9.22. The Bertz CT molecular complexity index is 553. The van der Waals surface area contributed by atoms with Crippen molar-refractivity contribution < 1.29 is 10.0 Å². The zero-order valence-electron chi connectivity index (χ0n) is 10.6. The van der Waals surface area contributed by atoms with Crippen molar-refractivity contribution in [2.45, 2.75) is 19.5 Å². The van der Waals surface area contributed by atoms with Crippen LogP contribution in [0.3, 0.4) is 0 Å². The van der Waals surface area contributed by atoms with Crippen LogP contribution in [0.4, 0.5) is 0 Å². The lowest BCUT2D eigenvalue weighted by atomic mass is 9.80. The molecule has 0 bridgehead atoms. The fraction of sp³-hybridized carbons (Fsp3) is 0.286. The van der Waals surface area contributed by atoms with Gasteiger partial charge in [0.25, 0.3) is 0 Å². The van der Waals surface area contributed by atoms with E-state index in [4.69, 9.17) is 10.0 Å². The van der Waals surface area contributed by atoms with Crippen LogP contribution >= 0.6 is 11.3 Å². The molecule has 0 amide bonds. The van der Waals surface area contributed by atoms with E-state index < -0.39 is 7.12 Å². The summed E-state index contributed by atoms with van der Waals surface area (Å²) < 4.78 is 0. The van der Waals surface area contributed by atoms with Gasteiger partial charge in [-0.2, -0.15) is 0 Å². The minimum atomic E-state index is -1.38. The number of fused-ring (bicyclic) bond motifs is 1. The first-order valence-corrected chi connectivity index (χ1v) is 7.33. The van der Waals surface area contributed by atoms with Gasteiger partial charge in [0.15, 0.2) is 0 Å². The summed E-state index contributed by atoms with van der Waals surface area (Å²) in [7, 11) is -1.38. The second-order valence-corrected chi connectivity index (χ2v) is 5.95. The number of nitrogens with zero attached hydrogens (tertiary/aromatic N) is 1. The van der Waals surface area contributed by atoms with Gasteiger partial charge in [-0.1, -0.05) is 24.3 Å². The van der Waals surface area contributed by atoms with Crippen LogP contribution in [-0.2, 0) is 19.5 Å². The predicted molar refractivity (Wildman–Crippen MR) is 78.4 cm³/mol. The summed E-state index contributed by atoms with van der Waals surface area (Å²) in [5.41, 5.74) is 3.21. The minimum absolute atomic E-state index is 0.544. The van der Waals surface area contributed by atoms with Crippen molar-refractivity contribution in [3.05, 3.63) is 51.7 Å². The number of hydrogen-bond donors (Lipinski definition) is 2. The molecule has 0 aliphatic carbocycles. The van der Waals surface area contributed by atoms with Crippen molar-refractivity contribution in [2.24, 2.45) is 0 Å². The topological polar surface area (TPSA) is 43.7 Å². The number of rotatable bonds is 3. The quantitative estimate of drug-likeness (QED) is 0.820. The fourth-order valence-electron chi connectivity index (χ4n) is 2.50. The zero-order chi connectivity index (χ0) is 13.2. The second-order valence-electron chi connectivity index (χ2n) is 4.94. The smallest absolute Gasteiger partial charge is 0.423 e. The molecule has 1 aromatic heterocycles. The largest absolute Gasteiger partial charge is 0.488 e. The van der Waals surface area contributed by atoms with Crippen LogP contribution in [0.15, 0.2) is 35.7 Å². The highest BCUT2D eigenvalue weighted by molar-refractivity contribution is 7.10. The lowest BCUT2D eigenvalue weighted by Gasteiger charge is -2.26. The standard InChI is InChI=1S/C14H16BNO2S/c17-15(18)13-3-1-11(2-4-13)9-16-7-5-14-12(10-16)6-8-19-14/h1-4,6,8,17-18H,5,7,9-10H2. The molecule has 98 valence electrons. The molecule has 1 aromatic carbocycles. The van der Waals surface area contributed by atoms with Gasteiger partial charge in [-0.3, -0.25) is 4.90 Å². The molecule has 0 atom stereocenters. The molecular formula is C14H16BNO2S. The molecule has 2 heterocycles. The van der Waals surface area contributed by atoms with Crippen LogP contribution in [0.2, 0.25) is 0 Å². The van der Waals surface area contributed by atoms with Gasteiger partial charge in [-0.25, -0.2) is 0 Å². The summed E-state index contributed by atoms with van der Waals surface area (Å²) in [5, 5.41) is 20.3. The Morgan fingerprint density at radius 3 is 2.68 bits per heavy atom. The van der Waals surface area contributed by atoms with Crippen LogP contribution in [0.1, 0.15) is 16.0 Å². The zero-order valence-corrected chi connectivity index (χ0v) is 11.4. The predicted octanol–water partition coefficient (Wildman–Crippen LogP) is 0.986. The Hall–Kier alpha value is -1.14. The third kappa shape index (κ3) is 2.90. The fourth-order valence-corrected chi connectivity index (χ4v) is 3.38. The third-order valence-corrected chi connectivity index (χ3v) is 4.59. The minimum Gasteiger partial charge on any atom is -0.423 e. The summed E-state index contributed by atoms with van der Waals surface area (Å²) in [6.45, 7) is 3.03. The molecule has 3 nitrogen and oxygen atoms in total. The molecule has 0 saturated heterocycles. The molecular weight excluding hydrogens is 257 g/mol. The van der Waals surface area contributed by atoms with E-state index in [1.165, 1.54) is 16.0 Å². The SMILES string of the molecule is OB(O)c1ccc(CN2CCc3sccc3C2)cc1. The Labute approximate surface area is 117 Å². The first kappa shape index (κ1) is 12.9. The van der Waals surface area contributed by atoms with Gasteiger partial charge in [0.2, 0.25) is 0 Å².